The molecule has 4 heteroatoms. The van der Waals surface area contributed by atoms with Crippen molar-refractivity contribution in [3.8, 4) is 0 Å². The van der Waals surface area contributed by atoms with Crippen LogP contribution in [-0.2, 0) is 9.53 Å². The van der Waals surface area contributed by atoms with Gasteiger partial charge in [0.15, 0.2) is 0 Å². The van der Waals surface area contributed by atoms with Gasteiger partial charge in [-0.05, 0) is 0 Å². The van der Waals surface area contributed by atoms with Gasteiger partial charge >= 0.3 is 5.97 Å². The Morgan fingerprint density at radius 3 is 2.83 bits per heavy atom. The molecule has 0 aliphatic carbocycles. The third kappa shape index (κ3) is 2.82. The number of esters is 1. The molecule has 4 nitrogen and oxygen atoms in total. The second-order valence-corrected chi connectivity index (χ2v) is 2.85. The minimum absolute atomic E-state index is 0.216. The summed E-state index contributed by atoms with van der Waals surface area (Å²) < 4.78 is 4.81. The zero-order chi connectivity index (χ0) is 8.97. The summed E-state index contributed by atoms with van der Waals surface area (Å²) in [6, 6.07) is 0. The number of hydrogen-bond acceptors (Lipinski definition) is 4. The number of nitrogens with zero attached hydrogens (tertiary/aromatic N) is 2. The molecular formula is C8H14N2O2. The number of hydrogen-bond donors (Lipinski definition) is 0. The van der Waals surface area contributed by atoms with E-state index in [4.69, 9.17) is 4.74 Å². The van der Waals surface area contributed by atoms with Crippen molar-refractivity contribution in [3.05, 3.63) is 12.4 Å². The third-order valence-electron chi connectivity index (χ3n) is 1.62. The second kappa shape index (κ2) is 3.99. The summed E-state index contributed by atoms with van der Waals surface area (Å²) in [5.74, 6) is -0.216. The first-order valence-electron chi connectivity index (χ1n) is 3.94. The molecule has 0 spiro atoms. The summed E-state index contributed by atoms with van der Waals surface area (Å²) in [7, 11) is 2.00. The van der Waals surface area contributed by atoms with Crippen molar-refractivity contribution in [1.82, 2.24) is 9.80 Å². The Bertz CT molecular complexity index is 191. The predicted molar refractivity (Wildman–Crippen MR) is 45.1 cm³/mol. The van der Waals surface area contributed by atoms with E-state index in [0.29, 0.717) is 6.61 Å². The first-order chi connectivity index (χ1) is 5.68. The number of ether oxygens (including phenoxy) is 1. The molecule has 1 aliphatic rings. The molecule has 0 aromatic rings. The van der Waals surface area contributed by atoms with Crippen molar-refractivity contribution in [3.63, 3.8) is 0 Å². The lowest BCUT2D eigenvalue weighted by atomic mass is 10.6. The maximum atomic E-state index is 10.4. The van der Waals surface area contributed by atoms with Gasteiger partial charge in [0.25, 0.3) is 0 Å². The number of carbonyl (C=O) groups is 1. The van der Waals surface area contributed by atoms with Crippen molar-refractivity contribution in [2.24, 2.45) is 0 Å². The van der Waals surface area contributed by atoms with Gasteiger partial charge in [-0.25, -0.2) is 0 Å². The average molecular weight is 170 g/mol. The zero-order valence-electron chi connectivity index (χ0n) is 7.49. The maximum Gasteiger partial charge on any atom is 0.302 e. The van der Waals surface area contributed by atoms with E-state index in [9.17, 15) is 4.79 Å². The third-order valence-corrected chi connectivity index (χ3v) is 1.62. The molecule has 0 saturated carbocycles. The van der Waals surface area contributed by atoms with Gasteiger partial charge in [0.1, 0.15) is 6.61 Å². The molecule has 0 aromatic heterocycles. The summed E-state index contributed by atoms with van der Waals surface area (Å²) in [4.78, 5) is 14.6. The second-order valence-electron chi connectivity index (χ2n) is 2.85. The highest BCUT2D eigenvalue weighted by Crippen LogP contribution is 2.02. The van der Waals surface area contributed by atoms with Crippen molar-refractivity contribution >= 4 is 5.97 Å². The van der Waals surface area contributed by atoms with Crippen LogP contribution in [0.25, 0.3) is 0 Å². The van der Waals surface area contributed by atoms with Gasteiger partial charge in [-0.2, -0.15) is 0 Å². The van der Waals surface area contributed by atoms with Crippen LogP contribution >= 0.6 is 0 Å². The molecule has 0 aromatic carbocycles. The van der Waals surface area contributed by atoms with Crippen molar-refractivity contribution < 1.29 is 9.53 Å². The highest BCUT2D eigenvalue weighted by atomic mass is 16.5. The Kier molecular flexibility index (Phi) is 2.96. The molecule has 68 valence electrons. The van der Waals surface area contributed by atoms with Crippen LogP contribution in [0.1, 0.15) is 6.92 Å². The Labute approximate surface area is 72.4 Å². The SMILES string of the molecule is CC(=O)OCCN1C=CN(C)C1. The van der Waals surface area contributed by atoms with Gasteiger partial charge in [-0.3, -0.25) is 4.79 Å². The lowest BCUT2D eigenvalue weighted by Gasteiger charge is -2.17. The van der Waals surface area contributed by atoms with E-state index in [0.717, 1.165) is 13.2 Å². The van der Waals surface area contributed by atoms with E-state index in [1.807, 2.05) is 19.4 Å². The Balaban J connectivity index is 2.09. The summed E-state index contributed by atoms with van der Waals surface area (Å²) in [6.07, 6.45) is 3.98. The van der Waals surface area contributed by atoms with E-state index >= 15 is 0 Å². The van der Waals surface area contributed by atoms with Crippen LogP contribution in [0, 0.1) is 0 Å². The standard InChI is InChI=1S/C8H14N2O2/c1-8(11)12-6-5-10-4-3-9(2)7-10/h3-4H,5-7H2,1-2H3. The quantitative estimate of drug-likeness (QED) is 0.567. The lowest BCUT2D eigenvalue weighted by Crippen LogP contribution is -2.26. The fraction of sp³-hybridized carbons (Fsp3) is 0.625. The van der Waals surface area contributed by atoms with E-state index < -0.39 is 0 Å². The van der Waals surface area contributed by atoms with E-state index in [2.05, 4.69) is 9.80 Å². The topological polar surface area (TPSA) is 32.8 Å². The van der Waals surface area contributed by atoms with Gasteiger partial charge in [-0.15, -0.1) is 0 Å². The molecule has 0 saturated heterocycles. The van der Waals surface area contributed by atoms with E-state index in [-0.39, 0.29) is 5.97 Å². The molecule has 0 fully saturated rings. The molecule has 1 aliphatic heterocycles. The lowest BCUT2D eigenvalue weighted by molar-refractivity contribution is -0.141. The Morgan fingerprint density at radius 1 is 1.58 bits per heavy atom. The maximum absolute atomic E-state index is 10.4. The van der Waals surface area contributed by atoms with Gasteiger partial charge in [0, 0.05) is 26.4 Å². The fourth-order valence-electron chi connectivity index (χ4n) is 1.04. The van der Waals surface area contributed by atoms with Crippen LogP contribution in [-0.4, -0.2) is 42.6 Å². The molecule has 1 rings (SSSR count). The van der Waals surface area contributed by atoms with Crippen LogP contribution in [0.2, 0.25) is 0 Å². The van der Waals surface area contributed by atoms with Gasteiger partial charge in [-0.1, -0.05) is 0 Å². The van der Waals surface area contributed by atoms with Gasteiger partial charge in [0.05, 0.1) is 13.2 Å². The molecule has 0 N–H and O–H groups in total. The van der Waals surface area contributed by atoms with Crippen LogP contribution in [0.5, 0.6) is 0 Å². The largest absolute Gasteiger partial charge is 0.464 e. The first kappa shape index (κ1) is 8.90. The summed E-state index contributed by atoms with van der Waals surface area (Å²) in [5, 5.41) is 0. The summed E-state index contributed by atoms with van der Waals surface area (Å²) in [5.41, 5.74) is 0. The predicted octanol–water partition coefficient (Wildman–Crippen LogP) is 0.226. The average Bonchev–Trinajstić information content (AvgIpc) is 2.35. The van der Waals surface area contributed by atoms with Gasteiger partial charge in [0.2, 0.25) is 0 Å². The first-order valence-corrected chi connectivity index (χ1v) is 3.94. The highest BCUT2D eigenvalue weighted by molar-refractivity contribution is 5.65. The Hall–Kier alpha value is -1.19. The molecule has 0 bridgehead atoms. The molecule has 0 atom stereocenters. The minimum atomic E-state index is -0.216. The molecule has 1 heterocycles. The van der Waals surface area contributed by atoms with E-state index in [1.165, 1.54) is 6.92 Å². The molecule has 12 heavy (non-hydrogen) atoms. The van der Waals surface area contributed by atoms with Crippen LogP contribution in [0.4, 0.5) is 0 Å². The molecular weight excluding hydrogens is 156 g/mol. The van der Waals surface area contributed by atoms with Crippen molar-refractivity contribution in [2.45, 2.75) is 6.92 Å². The Morgan fingerprint density at radius 2 is 2.33 bits per heavy atom. The highest BCUT2D eigenvalue weighted by Gasteiger charge is 2.07. The smallest absolute Gasteiger partial charge is 0.302 e. The summed E-state index contributed by atoms with van der Waals surface area (Å²) >= 11 is 0. The number of rotatable bonds is 3. The fourth-order valence-corrected chi connectivity index (χ4v) is 1.04. The van der Waals surface area contributed by atoms with Gasteiger partial charge < -0.3 is 14.5 Å². The van der Waals surface area contributed by atoms with Crippen molar-refractivity contribution in [2.75, 3.05) is 26.9 Å². The van der Waals surface area contributed by atoms with Crippen molar-refractivity contribution in [1.29, 1.82) is 0 Å². The summed E-state index contributed by atoms with van der Waals surface area (Å²) in [6.45, 7) is 3.53. The molecule has 0 radical (unpaired) electrons. The number of carbonyl (C=O) groups excluding carboxylic acids is 1. The zero-order valence-corrected chi connectivity index (χ0v) is 7.49. The van der Waals surface area contributed by atoms with Crippen LogP contribution in [0.15, 0.2) is 12.4 Å². The van der Waals surface area contributed by atoms with Crippen LogP contribution in [0.3, 0.4) is 0 Å². The van der Waals surface area contributed by atoms with E-state index in [1.54, 1.807) is 0 Å². The van der Waals surface area contributed by atoms with Crippen LogP contribution < -0.4 is 0 Å². The molecule has 0 unspecified atom stereocenters. The molecule has 0 amide bonds. The minimum Gasteiger partial charge on any atom is -0.464 e. The monoisotopic (exact) mass is 170 g/mol. The normalized spacial score (nSPS) is 15.5.